The van der Waals surface area contributed by atoms with Gasteiger partial charge in [0.15, 0.2) is 5.69 Å². The summed E-state index contributed by atoms with van der Waals surface area (Å²) in [7, 11) is 2.00. The highest BCUT2D eigenvalue weighted by molar-refractivity contribution is 5.92. The molecule has 2 aromatic rings. The molecule has 0 aliphatic carbocycles. The summed E-state index contributed by atoms with van der Waals surface area (Å²) in [6.07, 6.45) is 1.11. The SMILES string of the molecule is CN1C[C@H]2CN(C(=O)c3ccn(C(F)F)n3)C[C@H]2[C@@H]1c1cccc(F)c1.Cl. The lowest BCUT2D eigenvalue weighted by Gasteiger charge is -2.26. The molecule has 2 saturated heterocycles. The molecule has 3 atom stereocenters. The fourth-order valence-corrected chi connectivity index (χ4v) is 4.34. The summed E-state index contributed by atoms with van der Waals surface area (Å²) in [4.78, 5) is 16.5. The molecule has 0 radical (unpaired) electrons. The van der Waals surface area contributed by atoms with Crippen LogP contribution in [-0.4, -0.2) is 52.2 Å². The van der Waals surface area contributed by atoms with E-state index in [1.165, 1.54) is 12.1 Å². The number of aromatic nitrogens is 2. The van der Waals surface area contributed by atoms with Crippen molar-refractivity contribution in [1.82, 2.24) is 19.6 Å². The van der Waals surface area contributed by atoms with Crippen LogP contribution in [0.5, 0.6) is 0 Å². The van der Waals surface area contributed by atoms with Gasteiger partial charge < -0.3 is 4.90 Å². The van der Waals surface area contributed by atoms with Gasteiger partial charge in [-0.3, -0.25) is 9.69 Å². The van der Waals surface area contributed by atoms with E-state index in [2.05, 4.69) is 10.00 Å². The Morgan fingerprint density at radius 1 is 1.22 bits per heavy atom. The van der Waals surface area contributed by atoms with E-state index in [0.717, 1.165) is 18.3 Å². The van der Waals surface area contributed by atoms with E-state index in [1.54, 1.807) is 17.0 Å². The lowest BCUT2D eigenvalue weighted by molar-refractivity contribution is 0.0552. The van der Waals surface area contributed by atoms with E-state index in [4.69, 9.17) is 0 Å². The Morgan fingerprint density at radius 3 is 2.67 bits per heavy atom. The minimum Gasteiger partial charge on any atom is -0.337 e. The Morgan fingerprint density at radius 2 is 2.00 bits per heavy atom. The smallest absolute Gasteiger partial charge is 0.333 e. The second kappa shape index (κ2) is 7.52. The molecule has 2 aliphatic rings. The normalized spacial score (nSPS) is 24.9. The summed E-state index contributed by atoms with van der Waals surface area (Å²) in [5, 5.41) is 3.67. The Bertz CT molecular complexity index is 830. The molecule has 2 fully saturated rings. The molecule has 1 aromatic carbocycles. The number of fused-ring (bicyclic) bond motifs is 1. The van der Waals surface area contributed by atoms with Gasteiger partial charge in [0.25, 0.3) is 5.91 Å². The van der Waals surface area contributed by atoms with Crippen molar-refractivity contribution in [3.8, 4) is 0 Å². The molecule has 146 valence electrons. The monoisotopic (exact) mass is 400 g/mol. The van der Waals surface area contributed by atoms with Gasteiger partial charge in [0.2, 0.25) is 0 Å². The number of rotatable bonds is 3. The molecule has 0 bridgehead atoms. The molecule has 0 spiro atoms. The molecule has 2 aliphatic heterocycles. The highest BCUT2D eigenvalue weighted by atomic mass is 35.5. The minimum atomic E-state index is -2.76. The molecular weight excluding hydrogens is 381 g/mol. The van der Waals surface area contributed by atoms with Crippen LogP contribution in [-0.2, 0) is 0 Å². The largest absolute Gasteiger partial charge is 0.337 e. The van der Waals surface area contributed by atoms with Crippen LogP contribution >= 0.6 is 12.4 Å². The van der Waals surface area contributed by atoms with Gasteiger partial charge in [-0.25, -0.2) is 9.07 Å². The third-order valence-electron chi connectivity index (χ3n) is 5.40. The van der Waals surface area contributed by atoms with Crippen molar-refractivity contribution in [2.75, 3.05) is 26.7 Å². The highest BCUT2D eigenvalue weighted by Crippen LogP contribution is 2.44. The van der Waals surface area contributed by atoms with Gasteiger partial charge in [0, 0.05) is 37.8 Å². The zero-order chi connectivity index (χ0) is 18.4. The summed E-state index contributed by atoms with van der Waals surface area (Å²) in [6.45, 7) is -0.890. The number of hydrogen-bond acceptors (Lipinski definition) is 3. The van der Waals surface area contributed by atoms with Gasteiger partial charge in [0.1, 0.15) is 5.82 Å². The number of carbonyl (C=O) groups excluding carboxylic acids is 1. The molecule has 4 rings (SSSR count). The van der Waals surface area contributed by atoms with E-state index in [9.17, 15) is 18.0 Å². The second-order valence-corrected chi connectivity index (χ2v) is 7.03. The maximum absolute atomic E-state index is 13.6. The van der Waals surface area contributed by atoms with Crippen LogP contribution in [0.25, 0.3) is 0 Å². The summed E-state index contributed by atoms with van der Waals surface area (Å²) in [5.74, 6) is -0.153. The molecule has 0 N–H and O–H groups in total. The van der Waals surface area contributed by atoms with E-state index >= 15 is 0 Å². The number of nitrogens with zero attached hydrogens (tertiary/aromatic N) is 4. The summed E-state index contributed by atoms with van der Waals surface area (Å²) in [6, 6.07) is 7.91. The van der Waals surface area contributed by atoms with E-state index in [-0.39, 0.29) is 47.7 Å². The maximum atomic E-state index is 13.6. The van der Waals surface area contributed by atoms with Gasteiger partial charge >= 0.3 is 6.55 Å². The number of amides is 1. The number of benzene rings is 1. The Hall–Kier alpha value is -2.06. The molecule has 1 amide bonds. The quantitative estimate of drug-likeness (QED) is 0.794. The number of halogens is 4. The van der Waals surface area contributed by atoms with Crippen molar-refractivity contribution in [2.24, 2.45) is 11.8 Å². The number of alkyl halides is 2. The van der Waals surface area contributed by atoms with Crippen LogP contribution in [0.4, 0.5) is 13.2 Å². The predicted octanol–water partition coefficient (Wildman–Crippen LogP) is 3.21. The van der Waals surface area contributed by atoms with Gasteiger partial charge in [-0.1, -0.05) is 12.1 Å². The first-order valence-corrected chi connectivity index (χ1v) is 8.52. The first-order chi connectivity index (χ1) is 12.4. The molecule has 3 heterocycles. The fraction of sp³-hybridized carbons (Fsp3) is 0.444. The van der Waals surface area contributed by atoms with Crippen molar-refractivity contribution in [3.63, 3.8) is 0 Å². The average molecular weight is 401 g/mol. The zero-order valence-corrected chi connectivity index (χ0v) is 15.5. The Labute approximate surface area is 161 Å². The van der Waals surface area contributed by atoms with Gasteiger partial charge in [-0.15, -0.1) is 12.4 Å². The molecule has 0 saturated carbocycles. The first kappa shape index (κ1) is 19.7. The standard InChI is InChI=1S/C18H19F3N4O.ClH/c1-23-8-12-9-24(17(26)15-5-6-25(22-15)18(20)21)10-14(12)16(23)11-3-2-4-13(19)7-11;/h2-7,12,14,16,18H,8-10H2,1H3;1H/t12-,14+,16-;/m0./s1. The van der Waals surface area contributed by atoms with Crippen LogP contribution < -0.4 is 0 Å². The lowest BCUT2D eigenvalue weighted by Crippen LogP contribution is -2.33. The van der Waals surface area contributed by atoms with Gasteiger partial charge in [-0.05, 0) is 36.7 Å². The lowest BCUT2D eigenvalue weighted by atomic mass is 9.89. The average Bonchev–Trinajstić information content (AvgIpc) is 3.27. The molecule has 5 nitrogen and oxygen atoms in total. The Kier molecular flexibility index (Phi) is 5.48. The van der Waals surface area contributed by atoms with E-state index < -0.39 is 6.55 Å². The number of likely N-dealkylation sites (tertiary alicyclic amines) is 2. The molecule has 27 heavy (non-hydrogen) atoms. The number of hydrogen-bond donors (Lipinski definition) is 0. The molecule has 0 unspecified atom stereocenters. The van der Waals surface area contributed by atoms with Crippen LogP contribution in [0.1, 0.15) is 28.6 Å². The zero-order valence-electron chi connectivity index (χ0n) is 14.6. The third-order valence-corrected chi connectivity index (χ3v) is 5.40. The van der Waals surface area contributed by atoms with Crippen molar-refractivity contribution >= 4 is 18.3 Å². The third kappa shape index (κ3) is 3.55. The summed E-state index contributed by atoms with van der Waals surface area (Å²) in [5.41, 5.74) is 0.928. The molecular formula is C18H20ClF3N4O. The molecule has 9 heteroatoms. The van der Waals surface area contributed by atoms with Gasteiger partial charge in [-0.2, -0.15) is 13.9 Å². The van der Waals surface area contributed by atoms with Gasteiger partial charge in [0.05, 0.1) is 0 Å². The number of carbonyl (C=O) groups is 1. The van der Waals surface area contributed by atoms with Crippen LogP contribution in [0.15, 0.2) is 36.5 Å². The highest BCUT2D eigenvalue weighted by Gasteiger charge is 2.47. The molecule has 1 aromatic heterocycles. The van der Waals surface area contributed by atoms with E-state index in [1.807, 2.05) is 13.1 Å². The van der Waals surface area contributed by atoms with Crippen molar-refractivity contribution < 1.29 is 18.0 Å². The Balaban J connectivity index is 0.00000210. The summed E-state index contributed by atoms with van der Waals surface area (Å²) < 4.78 is 39.4. The van der Waals surface area contributed by atoms with E-state index in [0.29, 0.717) is 17.8 Å². The predicted molar refractivity (Wildman–Crippen MR) is 95.4 cm³/mol. The van der Waals surface area contributed by atoms with Crippen molar-refractivity contribution in [3.05, 3.63) is 53.6 Å². The topological polar surface area (TPSA) is 41.4 Å². The van der Waals surface area contributed by atoms with Crippen LogP contribution in [0.3, 0.4) is 0 Å². The van der Waals surface area contributed by atoms with Crippen LogP contribution in [0, 0.1) is 17.7 Å². The van der Waals surface area contributed by atoms with Crippen LogP contribution in [0.2, 0.25) is 0 Å². The second-order valence-electron chi connectivity index (χ2n) is 7.03. The first-order valence-electron chi connectivity index (χ1n) is 8.52. The van der Waals surface area contributed by atoms with Crippen molar-refractivity contribution in [1.29, 1.82) is 0 Å². The minimum absolute atomic E-state index is 0. The maximum Gasteiger partial charge on any atom is 0.333 e. The summed E-state index contributed by atoms with van der Waals surface area (Å²) >= 11 is 0. The van der Waals surface area contributed by atoms with Crippen molar-refractivity contribution in [2.45, 2.75) is 12.6 Å². The fourth-order valence-electron chi connectivity index (χ4n) is 4.34.